The minimum absolute atomic E-state index is 0.0218. The van der Waals surface area contributed by atoms with Crippen LogP contribution in [-0.4, -0.2) is 70.1 Å². The molecule has 11 nitrogen and oxygen atoms in total. The van der Waals surface area contributed by atoms with E-state index in [-0.39, 0.29) is 25.3 Å². The van der Waals surface area contributed by atoms with E-state index >= 15 is 0 Å². The Bertz CT molecular complexity index is 905. The molecule has 28 heavy (non-hydrogen) atoms. The Labute approximate surface area is 160 Å². The van der Waals surface area contributed by atoms with Gasteiger partial charge in [-0.3, -0.25) is 4.79 Å². The van der Waals surface area contributed by atoms with Crippen LogP contribution >= 0.6 is 0 Å². The van der Waals surface area contributed by atoms with E-state index in [1.54, 1.807) is 6.33 Å². The van der Waals surface area contributed by atoms with Crippen LogP contribution in [0.3, 0.4) is 0 Å². The fourth-order valence-corrected chi connectivity index (χ4v) is 4.76. The van der Waals surface area contributed by atoms with Crippen molar-refractivity contribution < 1.29 is 28.8 Å². The van der Waals surface area contributed by atoms with E-state index in [4.69, 9.17) is 24.7 Å². The molecule has 2 aromatic rings. The Balaban J connectivity index is 1.84. The number of nitrogen functional groups attached to an aromatic ring is 1. The van der Waals surface area contributed by atoms with Gasteiger partial charge in [-0.25, -0.2) is 15.0 Å². The van der Waals surface area contributed by atoms with Gasteiger partial charge >= 0.3 is 5.97 Å². The summed E-state index contributed by atoms with van der Waals surface area (Å²) in [5.41, 5.74) is 4.78. The van der Waals surface area contributed by atoms with Crippen molar-refractivity contribution in [3.05, 3.63) is 12.7 Å². The number of rotatable bonds is 8. The molecular weight excluding hydrogens is 370 g/mol. The van der Waals surface area contributed by atoms with Gasteiger partial charge in [0.05, 0.1) is 12.4 Å². The highest BCUT2D eigenvalue weighted by atomic mass is 16.7. The van der Waals surface area contributed by atoms with E-state index in [1.165, 1.54) is 20.5 Å². The van der Waals surface area contributed by atoms with E-state index in [9.17, 15) is 9.90 Å². The number of hydrogen-bond donors (Lipinski definition) is 2. The Hall–Kier alpha value is -2.34. The molecule has 152 valence electrons. The van der Waals surface area contributed by atoms with E-state index in [1.807, 2.05) is 11.5 Å². The summed E-state index contributed by atoms with van der Waals surface area (Å²) in [6, 6.07) is -0.403. The number of hydrogen-bond acceptors (Lipinski definition) is 9. The summed E-state index contributed by atoms with van der Waals surface area (Å²) in [7, 11) is 2.99. The number of anilines is 1. The second kappa shape index (κ2) is 6.62. The maximum atomic E-state index is 12.3. The molecule has 0 radical (unpaired) electrons. The van der Waals surface area contributed by atoms with Gasteiger partial charge in [-0.15, -0.1) is 0 Å². The van der Waals surface area contributed by atoms with Crippen molar-refractivity contribution in [3.8, 4) is 0 Å². The number of methoxy groups -OCH3 is 2. The highest BCUT2D eigenvalue weighted by Crippen LogP contribution is 2.72. The molecule has 1 unspecified atom stereocenters. The fourth-order valence-electron chi connectivity index (χ4n) is 4.76. The van der Waals surface area contributed by atoms with Crippen LogP contribution in [0.1, 0.15) is 19.4 Å². The van der Waals surface area contributed by atoms with E-state index < -0.39 is 29.1 Å². The van der Waals surface area contributed by atoms with Crippen LogP contribution in [0.25, 0.3) is 11.2 Å². The van der Waals surface area contributed by atoms with Crippen LogP contribution in [0.4, 0.5) is 5.82 Å². The normalized spacial score (nSPS) is 33.9. The molecule has 2 aliphatic rings. The van der Waals surface area contributed by atoms with Gasteiger partial charge in [0, 0.05) is 20.1 Å². The zero-order valence-corrected chi connectivity index (χ0v) is 15.9. The van der Waals surface area contributed by atoms with Gasteiger partial charge in [-0.05, 0) is 13.3 Å². The molecule has 0 aliphatic heterocycles. The number of fused-ring (bicyclic) bond motifs is 2. The zero-order chi connectivity index (χ0) is 20.1. The van der Waals surface area contributed by atoms with Gasteiger partial charge in [-0.1, -0.05) is 0 Å². The van der Waals surface area contributed by atoms with Gasteiger partial charge in [0.2, 0.25) is 0 Å². The van der Waals surface area contributed by atoms with Crippen LogP contribution in [-0.2, 0) is 23.7 Å². The third-order valence-electron chi connectivity index (χ3n) is 5.94. The average molecular weight is 393 g/mol. The number of aliphatic carboxylic acids is 1. The van der Waals surface area contributed by atoms with Gasteiger partial charge in [0.1, 0.15) is 42.5 Å². The van der Waals surface area contributed by atoms with E-state index in [0.29, 0.717) is 17.6 Å². The topological polar surface area (TPSA) is 144 Å². The van der Waals surface area contributed by atoms with Crippen molar-refractivity contribution in [2.24, 2.45) is 11.3 Å². The monoisotopic (exact) mass is 393 g/mol. The predicted molar refractivity (Wildman–Crippen MR) is 95.1 cm³/mol. The summed E-state index contributed by atoms with van der Waals surface area (Å²) in [5.74, 6) is -0.900. The highest BCUT2D eigenvalue weighted by Gasteiger charge is 2.81. The van der Waals surface area contributed by atoms with E-state index in [2.05, 4.69) is 15.0 Å². The SMILES string of the molecule is COCOC1[C@@](C)(OCOC)[C@H](n2cnc3c(N)ncnc32)[C@H]2C[C@@]12C(=O)O. The second-order valence-electron chi connectivity index (χ2n) is 7.37. The quantitative estimate of drug-likeness (QED) is 0.605. The first kappa shape index (κ1) is 19.0. The molecule has 0 spiro atoms. The Morgan fingerprint density at radius 1 is 1.32 bits per heavy atom. The molecule has 0 amide bonds. The molecule has 2 saturated carbocycles. The van der Waals surface area contributed by atoms with Crippen LogP contribution in [0.2, 0.25) is 0 Å². The maximum Gasteiger partial charge on any atom is 0.312 e. The first-order valence-corrected chi connectivity index (χ1v) is 8.81. The molecule has 0 saturated heterocycles. The minimum atomic E-state index is -1.08. The standard InChI is InChI=1S/C17H23N5O6/c1-16(28-8-26-3)11(22-6-21-10-12(18)19-5-20-13(10)22)9-4-17(9,15(23)24)14(16)27-7-25-2/h5-6,9,11,14H,4,7-8H2,1-3H3,(H,23,24)(H2,18,19,20)/t9-,11-,14?,16+,17+/m1/s1. The van der Waals surface area contributed by atoms with Crippen molar-refractivity contribution in [2.75, 3.05) is 33.5 Å². The fraction of sp³-hybridized carbons (Fsp3) is 0.647. The molecular formula is C17H23N5O6. The molecule has 2 fully saturated rings. The first-order valence-electron chi connectivity index (χ1n) is 8.81. The number of aromatic nitrogens is 4. The molecule has 4 rings (SSSR count). The molecule has 2 aromatic heterocycles. The molecule has 11 heteroatoms. The number of carboxylic acids is 1. The number of carboxylic acid groups (broad SMARTS) is 1. The molecule has 0 bridgehead atoms. The molecule has 5 atom stereocenters. The highest BCUT2D eigenvalue weighted by molar-refractivity contribution is 5.83. The van der Waals surface area contributed by atoms with E-state index in [0.717, 1.165) is 0 Å². The summed E-state index contributed by atoms with van der Waals surface area (Å²) in [6.07, 6.45) is 2.65. The lowest BCUT2D eigenvalue weighted by molar-refractivity contribution is -0.221. The Morgan fingerprint density at radius 2 is 2.07 bits per heavy atom. The Kier molecular flexibility index (Phi) is 4.49. The molecule has 3 N–H and O–H groups in total. The van der Waals surface area contributed by atoms with Crippen LogP contribution in [0, 0.1) is 11.3 Å². The van der Waals surface area contributed by atoms with Crippen molar-refractivity contribution in [3.63, 3.8) is 0 Å². The summed E-state index contributed by atoms with van der Waals surface area (Å²) in [5, 5.41) is 10.0. The number of nitrogens with zero attached hydrogens (tertiary/aromatic N) is 4. The first-order chi connectivity index (χ1) is 13.4. The second-order valence-corrected chi connectivity index (χ2v) is 7.37. The summed E-state index contributed by atoms with van der Waals surface area (Å²) < 4.78 is 23.9. The van der Waals surface area contributed by atoms with Gasteiger partial charge in [0.15, 0.2) is 11.5 Å². The maximum absolute atomic E-state index is 12.3. The molecule has 2 aliphatic carbocycles. The third-order valence-corrected chi connectivity index (χ3v) is 5.94. The minimum Gasteiger partial charge on any atom is -0.481 e. The molecule has 0 aromatic carbocycles. The van der Waals surface area contributed by atoms with Crippen LogP contribution in [0.15, 0.2) is 12.7 Å². The zero-order valence-electron chi connectivity index (χ0n) is 15.9. The lowest BCUT2D eigenvalue weighted by atomic mass is 9.88. The molecule has 2 heterocycles. The van der Waals surface area contributed by atoms with Gasteiger partial charge in [0.25, 0.3) is 0 Å². The van der Waals surface area contributed by atoms with Gasteiger partial charge in [-0.2, -0.15) is 0 Å². The number of carbonyl (C=O) groups is 1. The van der Waals surface area contributed by atoms with Crippen LogP contribution < -0.4 is 5.73 Å². The Morgan fingerprint density at radius 3 is 2.75 bits per heavy atom. The number of ether oxygens (including phenoxy) is 4. The van der Waals surface area contributed by atoms with Crippen LogP contribution in [0.5, 0.6) is 0 Å². The smallest absolute Gasteiger partial charge is 0.312 e. The summed E-state index contributed by atoms with van der Waals surface area (Å²) in [4.78, 5) is 24.9. The van der Waals surface area contributed by atoms with Crippen molar-refractivity contribution in [2.45, 2.75) is 31.1 Å². The predicted octanol–water partition coefficient (Wildman–Crippen LogP) is 0.422. The number of nitrogens with two attached hydrogens (primary N) is 1. The lowest BCUT2D eigenvalue weighted by Gasteiger charge is -2.40. The largest absolute Gasteiger partial charge is 0.481 e. The number of imidazole rings is 1. The average Bonchev–Trinajstić information content (AvgIpc) is 3.17. The third kappa shape index (κ3) is 2.43. The van der Waals surface area contributed by atoms with Crippen molar-refractivity contribution in [1.82, 2.24) is 19.5 Å². The summed E-state index contributed by atoms with van der Waals surface area (Å²) in [6.45, 7) is 1.75. The van der Waals surface area contributed by atoms with Gasteiger partial charge < -0.3 is 34.4 Å². The van der Waals surface area contributed by atoms with Crippen molar-refractivity contribution in [1.29, 1.82) is 0 Å². The summed E-state index contributed by atoms with van der Waals surface area (Å²) >= 11 is 0. The lowest BCUT2D eigenvalue weighted by Crippen LogP contribution is -2.51. The van der Waals surface area contributed by atoms with Crippen molar-refractivity contribution >= 4 is 23.0 Å².